The largest absolute Gasteiger partial charge is 0.494 e. The number of benzene rings is 2. The highest BCUT2D eigenvalue weighted by molar-refractivity contribution is 8.13. The second-order valence-electron chi connectivity index (χ2n) is 8.57. The summed E-state index contributed by atoms with van der Waals surface area (Å²) in [6.07, 6.45) is 9.49. The average molecular weight is 462 g/mol. The third-order valence-electron chi connectivity index (χ3n) is 6.34. The van der Waals surface area contributed by atoms with Crippen molar-refractivity contribution >= 4 is 23.0 Å². The van der Waals surface area contributed by atoms with Crippen LogP contribution in [-0.2, 0) is 5.75 Å². The van der Waals surface area contributed by atoms with Gasteiger partial charge in [-0.1, -0.05) is 74.2 Å². The Hall–Kier alpha value is -2.90. The lowest BCUT2D eigenvalue weighted by Gasteiger charge is -2.36. The fourth-order valence-corrected chi connectivity index (χ4v) is 5.32. The number of nitrogens with one attached hydrogen (secondary N) is 2. The fraction of sp³-hybridized carbons (Fsp3) is 0.346. The lowest BCUT2D eigenvalue weighted by Crippen LogP contribution is -2.54. The zero-order valence-electron chi connectivity index (χ0n) is 19.0. The molecule has 6 nitrogen and oxygen atoms in total. The number of ether oxygens (including phenoxy) is 1. The summed E-state index contributed by atoms with van der Waals surface area (Å²) in [6.45, 7) is 6.78. The van der Waals surface area contributed by atoms with Crippen LogP contribution in [0.25, 0.3) is 6.08 Å². The maximum absolute atomic E-state index is 5.81. The van der Waals surface area contributed by atoms with Gasteiger partial charge < -0.3 is 14.6 Å². The number of amidine groups is 1. The van der Waals surface area contributed by atoms with Gasteiger partial charge in [0, 0.05) is 18.2 Å². The number of hydrogen-bond acceptors (Lipinski definition) is 7. The van der Waals surface area contributed by atoms with Crippen LogP contribution in [0.5, 0.6) is 5.75 Å². The van der Waals surface area contributed by atoms with Gasteiger partial charge in [-0.05, 0) is 41.7 Å². The SMILES string of the molecule is C=Cc1ccc(CSC2=NNC3C4CC(c5ccc(OCCCC)cc5)NN4C=CN23)cc1. The molecule has 1 saturated heterocycles. The number of unbranched alkanes of at least 4 members (excludes halogenated alkanes) is 1. The van der Waals surface area contributed by atoms with Crippen LogP contribution in [0.15, 0.2) is 72.6 Å². The van der Waals surface area contributed by atoms with Gasteiger partial charge in [-0.15, -0.1) is 0 Å². The monoisotopic (exact) mass is 461 g/mol. The van der Waals surface area contributed by atoms with Gasteiger partial charge in [-0.25, -0.2) is 5.43 Å². The number of hydrazone groups is 1. The van der Waals surface area contributed by atoms with Crippen molar-refractivity contribution in [3.8, 4) is 5.75 Å². The smallest absolute Gasteiger partial charge is 0.189 e. The Morgan fingerprint density at radius 3 is 2.73 bits per heavy atom. The Labute approximate surface area is 200 Å². The van der Waals surface area contributed by atoms with E-state index in [0.717, 1.165) is 48.1 Å². The van der Waals surface area contributed by atoms with Crippen molar-refractivity contribution in [3.63, 3.8) is 0 Å². The minimum Gasteiger partial charge on any atom is -0.494 e. The average Bonchev–Trinajstić information content (AvgIpc) is 3.48. The summed E-state index contributed by atoms with van der Waals surface area (Å²) >= 11 is 1.76. The van der Waals surface area contributed by atoms with Gasteiger partial charge in [0.25, 0.3) is 0 Å². The highest BCUT2D eigenvalue weighted by atomic mass is 32.2. The van der Waals surface area contributed by atoms with Crippen LogP contribution in [0.3, 0.4) is 0 Å². The second-order valence-corrected chi connectivity index (χ2v) is 9.51. The van der Waals surface area contributed by atoms with Crippen LogP contribution in [0.1, 0.15) is 48.9 Å². The first-order valence-electron chi connectivity index (χ1n) is 11.7. The van der Waals surface area contributed by atoms with Crippen molar-refractivity contribution in [1.29, 1.82) is 0 Å². The van der Waals surface area contributed by atoms with Gasteiger partial charge in [-0.3, -0.25) is 5.43 Å². The zero-order chi connectivity index (χ0) is 22.6. The topological polar surface area (TPSA) is 52.1 Å². The van der Waals surface area contributed by atoms with E-state index in [1.165, 1.54) is 11.1 Å². The van der Waals surface area contributed by atoms with Crippen molar-refractivity contribution in [2.75, 3.05) is 6.61 Å². The quantitative estimate of drug-likeness (QED) is 0.537. The number of hydrazine groups is 1. The Kier molecular flexibility index (Phi) is 6.60. The molecule has 3 heterocycles. The Morgan fingerprint density at radius 1 is 1.15 bits per heavy atom. The molecule has 0 radical (unpaired) electrons. The standard InChI is InChI=1S/C26H31N5OS/c1-3-5-16-32-22-12-10-21(11-13-22)23-17-24-25-27-28-26(30(25)14-15-31(24)29-23)33-18-20-8-6-19(4-2)7-9-20/h4,6-15,23-25,27,29H,2-3,5,16-18H2,1H3. The van der Waals surface area contributed by atoms with Crippen LogP contribution < -0.4 is 15.6 Å². The van der Waals surface area contributed by atoms with Crippen LogP contribution in [-0.4, -0.2) is 33.9 Å². The molecule has 7 heteroatoms. The number of thioether (sulfide) groups is 1. The molecule has 3 unspecified atom stereocenters. The minimum absolute atomic E-state index is 0.134. The lowest BCUT2D eigenvalue weighted by molar-refractivity contribution is 0.152. The molecule has 2 N–H and O–H groups in total. The Morgan fingerprint density at radius 2 is 1.97 bits per heavy atom. The van der Waals surface area contributed by atoms with E-state index in [4.69, 9.17) is 4.74 Å². The maximum Gasteiger partial charge on any atom is 0.189 e. The molecule has 3 atom stereocenters. The van der Waals surface area contributed by atoms with Crippen LogP contribution in [0, 0.1) is 0 Å². The summed E-state index contributed by atoms with van der Waals surface area (Å²) in [4.78, 5) is 2.26. The molecular weight excluding hydrogens is 430 g/mol. The Balaban J connectivity index is 1.18. The lowest BCUT2D eigenvalue weighted by atomic mass is 10.00. The molecular formula is C26H31N5OS. The molecule has 33 heavy (non-hydrogen) atoms. The minimum atomic E-state index is 0.134. The second kappa shape index (κ2) is 9.93. The predicted octanol–water partition coefficient (Wildman–Crippen LogP) is 5.05. The van der Waals surface area contributed by atoms with Crippen LogP contribution >= 0.6 is 11.8 Å². The van der Waals surface area contributed by atoms with E-state index in [-0.39, 0.29) is 12.2 Å². The fourth-order valence-electron chi connectivity index (χ4n) is 4.40. The van der Waals surface area contributed by atoms with E-state index in [9.17, 15) is 0 Å². The number of rotatable bonds is 8. The molecule has 0 aromatic heterocycles. The van der Waals surface area contributed by atoms with Crippen molar-refractivity contribution < 1.29 is 4.74 Å². The highest BCUT2D eigenvalue weighted by Gasteiger charge is 2.44. The number of nitrogens with zero attached hydrogens (tertiary/aromatic N) is 3. The molecule has 172 valence electrons. The van der Waals surface area contributed by atoms with Gasteiger partial charge in [0.1, 0.15) is 11.9 Å². The Bertz CT molecular complexity index is 1020. The van der Waals surface area contributed by atoms with E-state index in [1.807, 2.05) is 6.08 Å². The summed E-state index contributed by atoms with van der Waals surface area (Å²) in [7, 11) is 0. The van der Waals surface area contributed by atoms with Crippen molar-refractivity contribution in [3.05, 3.63) is 84.2 Å². The van der Waals surface area contributed by atoms with E-state index in [1.54, 1.807) is 11.8 Å². The van der Waals surface area contributed by atoms with Crippen LogP contribution in [0.2, 0.25) is 0 Å². The van der Waals surface area contributed by atoms with Gasteiger partial charge in [0.05, 0.1) is 18.7 Å². The third kappa shape index (κ3) is 4.75. The molecule has 3 aliphatic rings. The highest BCUT2D eigenvalue weighted by Crippen LogP contribution is 2.36. The zero-order valence-corrected chi connectivity index (χ0v) is 19.8. The molecule has 1 fully saturated rings. The summed E-state index contributed by atoms with van der Waals surface area (Å²) in [5.41, 5.74) is 10.7. The van der Waals surface area contributed by atoms with Gasteiger partial charge in [0.15, 0.2) is 5.17 Å². The first kappa shape index (κ1) is 21.9. The van der Waals surface area contributed by atoms with Crippen LogP contribution in [0.4, 0.5) is 0 Å². The molecule has 5 rings (SSSR count). The molecule has 0 saturated carbocycles. The molecule has 0 bridgehead atoms. The summed E-state index contributed by atoms with van der Waals surface area (Å²) in [6, 6.07) is 17.6. The summed E-state index contributed by atoms with van der Waals surface area (Å²) in [5.74, 6) is 1.83. The van der Waals surface area contributed by atoms with Crippen molar-refractivity contribution in [1.82, 2.24) is 20.8 Å². The normalized spacial score (nSPS) is 23.1. The van der Waals surface area contributed by atoms with E-state index in [2.05, 4.69) is 100 Å². The molecule has 2 aromatic carbocycles. The van der Waals surface area contributed by atoms with E-state index in [0.29, 0.717) is 6.04 Å². The first-order valence-corrected chi connectivity index (χ1v) is 12.6. The summed E-state index contributed by atoms with van der Waals surface area (Å²) in [5, 5.41) is 7.89. The molecule has 0 amide bonds. The molecule has 0 aliphatic carbocycles. The van der Waals surface area contributed by atoms with E-state index >= 15 is 0 Å². The number of hydrogen-bond donors (Lipinski definition) is 2. The van der Waals surface area contributed by atoms with Gasteiger partial charge in [0.2, 0.25) is 0 Å². The van der Waals surface area contributed by atoms with Crippen molar-refractivity contribution in [2.45, 2.75) is 50.2 Å². The van der Waals surface area contributed by atoms with E-state index < -0.39 is 0 Å². The molecule has 2 aromatic rings. The van der Waals surface area contributed by atoms with Gasteiger partial charge in [-0.2, -0.15) is 5.10 Å². The van der Waals surface area contributed by atoms with Gasteiger partial charge >= 0.3 is 0 Å². The maximum atomic E-state index is 5.81. The third-order valence-corrected chi connectivity index (χ3v) is 7.38. The molecule has 3 aliphatic heterocycles. The first-order chi connectivity index (χ1) is 16.2. The number of fused-ring (bicyclic) bond motifs is 3. The molecule has 0 spiro atoms. The van der Waals surface area contributed by atoms with Crippen molar-refractivity contribution in [2.24, 2.45) is 5.10 Å². The summed E-state index contributed by atoms with van der Waals surface area (Å²) < 4.78 is 5.81. The predicted molar refractivity (Wildman–Crippen MR) is 136 cm³/mol.